The summed E-state index contributed by atoms with van der Waals surface area (Å²) in [7, 11) is 0. The maximum absolute atomic E-state index is 5.49. The molecule has 0 saturated carbocycles. The first kappa shape index (κ1) is 11.4. The third-order valence-corrected chi connectivity index (χ3v) is 3.85. The molecule has 0 atom stereocenters. The summed E-state index contributed by atoms with van der Waals surface area (Å²) < 4.78 is 3.14. The lowest BCUT2D eigenvalue weighted by atomic mass is 10.1. The molecule has 0 amide bonds. The highest BCUT2D eigenvalue weighted by atomic mass is 32.1. The van der Waals surface area contributed by atoms with Gasteiger partial charge in [-0.2, -0.15) is 0 Å². The number of thiophene rings is 1. The van der Waals surface area contributed by atoms with Gasteiger partial charge in [0, 0.05) is 27.6 Å². The van der Waals surface area contributed by atoms with E-state index in [1.807, 2.05) is 10.9 Å². The van der Waals surface area contributed by atoms with Crippen LogP contribution in [0.2, 0.25) is 0 Å². The van der Waals surface area contributed by atoms with Crippen molar-refractivity contribution in [3.8, 4) is 11.3 Å². The molecule has 0 spiro atoms. The number of nitrogens with two attached hydrogens (primary N) is 1. The van der Waals surface area contributed by atoms with Gasteiger partial charge in [0.2, 0.25) is 0 Å². The summed E-state index contributed by atoms with van der Waals surface area (Å²) in [6, 6.07) is 8.36. The largest absolute Gasteiger partial charge is 0.330 e. The van der Waals surface area contributed by atoms with E-state index in [0.717, 1.165) is 24.2 Å². The smallest absolute Gasteiger partial charge is 0.114 e. The van der Waals surface area contributed by atoms with Crippen molar-refractivity contribution in [1.29, 1.82) is 0 Å². The number of fused-ring (bicyclic) bond motifs is 1. The van der Waals surface area contributed by atoms with E-state index in [1.54, 1.807) is 11.3 Å². The van der Waals surface area contributed by atoms with Gasteiger partial charge in [0.05, 0.1) is 6.20 Å². The van der Waals surface area contributed by atoms with E-state index in [9.17, 15) is 0 Å². The van der Waals surface area contributed by atoms with Gasteiger partial charge in [0.25, 0.3) is 0 Å². The second kappa shape index (κ2) is 4.88. The van der Waals surface area contributed by atoms with Gasteiger partial charge in [-0.15, -0.1) is 16.4 Å². The number of nitrogens with zero attached hydrogens (tertiary/aromatic N) is 3. The minimum absolute atomic E-state index is 0.677. The summed E-state index contributed by atoms with van der Waals surface area (Å²) in [5.41, 5.74) is 7.59. The van der Waals surface area contributed by atoms with Gasteiger partial charge < -0.3 is 5.73 Å². The molecule has 18 heavy (non-hydrogen) atoms. The predicted octanol–water partition coefficient (Wildman–Crippen LogP) is 2.51. The number of aromatic nitrogens is 3. The molecule has 2 N–H and O–H groups in total. The van der Waals surface area contributed by atoms with Crippen LogP contribution in [-0.2, 0) is 6.54 Å². The Balaban J connectivity index is 1.96. The molecular weight excluding hydrogens is 244 g/mol. The van der Waals surface area contributed by atoms with Crippen molar-refractivity contribution in [1.82, 2.24) is 15.0 Å². The van der Waals surface area contributed by atoms with Crippen LogP contribution in [0.4, 0.5) is 0 Å². The molecule has 0 aliphatic rings. The molecule has 0 radical (unpaired) electrons. The van der Waals surface area contributed by atoms with Crippen molar-refractivity contribution in [3.63, 3.8) is 0 Å². The minimum Gasteiger partial charge on any atom is -0.330 e. The van der Waals surface area contributed by atoms with Gasteiger partial charge >= 0.3 is 0 Å². The topological polar surface area (TPSA) is 56.7 Å². The monoisotopic (exact) mass is 258 g/mol. The van der Waals surface area contributed by atoms with Crippen LogP contribution in [0.3, 0.4) is 0 Å². The molecule has 92 valence electrons. The van der Waals surface area contributed by atoms with Crippen LogP contribution in [-0.4, -0.2) is 21.5 Å². The van der Waals surface area contributed by atoms with E-state index >= 15 is 0 Å². The number of hydrogen-bond acceptors (Lipinski definition) is 4. The van der Waals surface area contributed by atoms with Crippen LogP contribution < -0.4 is 5.73 Å². The first-order valence-corrected chi connectivity index (χ1v) is 6.83. The number of hydrogen-bond donors (Lipinski definition) is 1. The molecular formula is C13H14N4S. The average molecular weight is 258 g/mol. The molecule has 2 heterocycles. The number of rotatable bonds is 4. The summed E-state index contributed by atoms with van der Waals surface area (Å²) >= 11 is 1.74. The fourth-order valence-corrected chi connectivity index (χ4v) is 2.92. The molecule has 1 aromatic carbocycles. The lowest BCUT2D eigenvalue weighted by Crippen LogP contribution is -2.06. The van der Waals surface area contributed by atoms with Crippen molar-refractivity contribution in [2.24, 2.45) is 5.73 Å². The first-order chi connectivity index (χ1) is 8.88. The van der Waals surface area contributed by atoms with Crippen molar-refractivity contribution in [2.75, 3.05) is 6.54 Å². The Kier molecular flexibility index (Phi) is 3.08. The van der Waals surface area contributed by atoms with E-state index in [-0.39, 0.29) is 0 Å². The molecule has 0 fully saturated rings. The third kappa shape index (κ3) is 2.02. The maximum Gasteiger partial charge on any atom is 0.114 e. The number of aryl methyl sites for hydroxylation is 1. The SMILES string of the molecule is NCCCn1cc(-c2csc3ccccc23)nn1. The zero-order chi connectivity index (χ0) is 12.4. The van der Waals surface area contributed by atoms with E-state index in [4.69, 9.17) is 5.73 Å². The molecule has 0 bridgehead atoms. The summed E-state index contributed by atoms with van der Waals surface area (Å²) in [5.74, 6) is 0. The second-order valence-electron chi connectivity index (χ2n) is 4.15. The Hall–Kier alpha value is -1.72. The Morgan fingerprint density at radius 2 is 2.17 bits per heavy atom. The Bertz CT molecular complexity index is 656. The summed E-state index contributed by atoms with van der Waals surface area (Å²) in [6.45, 7) is 1.50. The van der Waals surface area contributed by atoms with E-state index in [2.05, 4.69) is 40.0 Å². The molecule has 2 aromatic heterocycles. The normalized spacial score (nSPS) is 11.2. The van der Waals surface area contributed by atoms with Crippen LogP contribution in [0, 0.1) is 0 Å². The van der Waals surface area contributed by atoms with Crippen LogP contribution in [0.5, 0.6) is 0 Å². The Morgan fingerprint density at radius 3 is 3.06 bits per heavy atom. The quantitative estimate of drug-likeness (QED) is 0.782. The van der Waals surface area contributed by atoms with Gasteiger partial charge in [-0.05, 0) is 19.0 Å². The summed E-state index contributed by atoms with van der Waals surface area (Å²) in [5, 5.41) is 11.8. The van der Waals surface area contributed by atoms with Crippen LogP contribution in [0.1, 0.15) is 6.42 Å². The number of benzene rings is 1. The highest BCUT2D eigenvalue weighted by molar-refractivity contribution is 7.17. The molecule has 3 aromatic rings. The zero-order valence-corrected chi connectivity index (χ0v) is 10.7. The summed E-state index contributed by atoms with van der Waals surface area (Å²) in [4.78, 5) is 0. The lowest BCUT2D eigenvalue weighted by molar-refractivity contribution is 0.564. The Labute approximate surface area is 109 Å². The standard InChI is InChI=1S/C13H14N4S/c14-6-3-7-17-8-12(15-16-17)11-9-18-13-5-2-1-4-10(11)13/h1-2,4-5,8-9H,3,6-7,14H2. The summed E-state index contributed by atoms with van der Waals surface area (Å²) in [6.07, 6.45) is 2.91. The van der Waals surface area contributed by atoms with Gasteiger partial charge in [0.1, 0.15) is 5.69 Å². The van der Waals surface area contributed by atoms with Crippen molar-refractivity contribution < 1.29 is 0 Å². The molecule has 0 aliphatic heterocycles. The van der Waals surface area contributed by atoms with Gasteiger partial charge in [-0.25, -0.2) is 0 Å². The van der Waals surface area contributed by atoms with E-state index in [0.29, 0.717) is 6.54 Å². The minimum atomic E-state index is 0.677. The molecule has 0 aliphatic carbocycles. The highest BCUT2D eigenvalue weighted by Crippen LogP contribution is 2.32. The van der Waals surface area contributed by atoms with Crippen molar-refractivity contribution >= 4 is 21.4 Å². The van der Waals surface area contributed by atoms with Gasteiger partial charge in [-0.1, -0.05) is 23.4 Å². The van der Waals surface area contributed by atoms with Crippen LogP contribution in [0.15, 0.2) is 35.8 Å². The van der Waals surface area contributed by atoms with Crippen LogP contribution in [0.25, 0.3) is 21.3 Å². The molecule has 0 saturated heterocycles. The highest BCUT2D eigenvalue weighted by Gasteiger charge is 2.09. The average Bonchev–Trinajstić information content (AvgIpc) is 3.02. The first-order valence-electron chi connectivity index (χ1n) is 5.95. The van der Waals surface area contributed by atoms with Gasteiger partial charge in [-0.3, -0.25) is 4.68 Å². The van der Waals surface area contributed by atoms with E-state index in [1.165, 1.54) is 10.1 Å². The fraction of sp³-hybridized carbons (Fsp3) is 0.231. The zero-order valence-electron chi connectivity index (χ0n) is 9.91. The Morgan fingerprint density at radius 1 is 1.28 bits per heavy atom. The maximum atomic E-state index is 5.49. The predicted molar refractivity (Wildman–Crippen MR) is 74.5 cm³/mol. The molecule has 5 heteroatoms. The molecule has 3 rings (SSSR count). The molecule has 4 nitrogen and oxygen atoms in total. The van der Waals surface area contributed by atoms with Gasteiger partial charge in [0.15, 0.2) is 0 Å². The lowest BCUT2D eigenvalue weighted by Gasteiger charge is -1.96. The molecule has 0 unspecified atom stereocenters. The second-order valence-corrected chi connectivity index (χ2v) is 5.07. The van der Waals surface area contributed by atoms with E-state index < -0.39 is 0 Å². The van der Waals surface area contributed by atoms with Crippen LogP contribution >= 0.6 is 11.3 Å². The van der Waals surface area contributed by atoms with Crippen molar-refractivity contribution in [3.05, 3.63) is 35.8 Å². The third-order valence-electron chi connectivity index (χ3n) is 2.89. The fourth-order valence-electron chi connectivity index (χ4n) is 1.96. The van der Waals surface area contributed by atoms with Crippen molar-refractivity contribution in [2.45, 2.75) is 13.0 Å².